The molecular formula is C30H33N5O5. The standard InChI is InChI=1S/C30H33N5O5/c1-3-39-22-16-14-21(15-17-22)29(30(37)31-19-23-9-8-18-40-23)35(26-12-6-7-13-27(26)38-2)28(36)20-34-25-11-5-4-10-24(25)32-33-34/h4-7,10-17,23,29H,3,8-9,18-20H2,1-2H3,(H,31,37)/t23-,29-/m0/s1. The fraction of sp³-hybridized carbons (Fsp3) is 0.333. The maximum absolute atomic E-state index is 14.2. The molecule has 0 spiro atoms. The summed E-state index contributed by atoms with van der Waals surface area (Å²) in [7, 11) is 1.54. The molecule has 0 bridgehead atoms. The summed E-state index contributed by atoms with van der Waals surface area (Å²) in [5.41, 5.74) is 2.48. The molecule has 0 saturated carbocycles. The summed E-state index contributed by atoms with van der Waals surface area (Å²) >= 11 is 0. The number of benzene rings is 3. The monoisotopic (exact) mass is 543 g/mol. The van der Waals surface area contributed by atoms with Crippen molar-refractivity contribution in [1.29, 1.82) is 0 Å². The molecule has 1 saturated heterocycles. The van der Waals surface area contributed by atoms with Gasteiger partial charge in [0.05, 0.1) is 31.0 Å². The number of nitrogens with zero attached hydrogens (tertiary/aromatic N) is 4. The lowest BCUT2D eigenvalue weighted by atomic mass is 10.0. The van der Waals surface area contributed by atoms with E-state index < -0.39 is 6.04 Å². The third-order valence-electron chi connectivity index (χ3n) is 6.86. The van der Waals surface area contributed by atoms with Crippen LogP contribution in [-0.4, -0.2) is 59.8 Å². The van der Waals surface area contributed by atoms with Crippen molar-refractivity contribution in [1.82, 2.24) is 20.3 Å². The van der Waals surface area contributed by atoms with Crippen LogP contribution in [0.5, 0.6) is 11.5 Å². The minimum Gasteiger partial charge on any atom is -0.495 e. The fourth-order valence-electron chi connectivity index (χ4n) is 4.93. The molecule has 2 atom stereocenters. The lowest BCUT2D eigenvalue weighted by Gasteiger charge is -2.32. The number of hydrogen-bond acceptors (Lipinski definition) is 7. The molecule has 1 aliphatic rings. The number of hydrogen-bond donors (Lipinski definition) is 1. The molecule has 40 heavy (non-hydrogen) atoms. The molecule has 0 unspecified atom stereocenters. The molecule has 1 fully saturated rings. The zero-order chi connectivity index (χ0) is 27.9. The van der Waals surface area contributed by atoms with Gasteiger partial charge in [-0.2, -0.15) is 0 Å². The Morgan fingerprint density at radius 2 is 1.88 bits per heavy atom. The number of anilines is 1. The number of aromatic nitrogens is 3. The third kappa shape index (κ3) is 5.91. The van der Waals surface area contributed by atoms with Crippen LogP contribution in [0.3, 0.4) is 0 Å². The average molecular weight is 544 g/mol. The molecule has 2 heterocycles. The van der Waals surface area contributed by atoms with Crippen LogP contribution in [0.2, 0.25) is 0 Å². The predicted octanol–water partition coefficient (Wildman–Crippen LogP) is 3.91. The lowest BCUT2D eigenvalue weighted by molar-refractivity contribution is -0.127. The lowest BCUT2D eigenvalue weighted by Crippen LogP contribution is -2.46. The van der Waals surface area contributed by atoms with Crippen LogP contribution in [0, 0.1) is 0 Å². The summed E-state index contributed by atoms with van der Waals surface area (Å²) < 4.78 is 18.5. The second-order valence-corrected chi connectivity index (χ2v) is 9.46. The molecular weight excluding hydrogens is 510 g/mol. The first-order valence-corrected chi connectivity index (χ1v) is 13.4. The highest BCUT2D eigenvalue weighted by atomic mass is 16.5. The number of carbonyl (C=O) groups is 2. The average Bonchev–Trinajstić information content (AvgIpc) is 3.66. The number of carbonyl (C=O) groups excluding carboxylic acids is 2. The highest BCUT2D eigenvalue weighted by Crippen LogP contribution is 2.36. The number of rotatable bonds is 11. The first-order chi connectivity index (χ1) is 19.6. The summed E-state index contributed by atoms with van der Waals surface area (Å²) in [4.78, 5) is 29.7. The zero-order valence-corrected chi connectivity index (χ0v) is 22.7. The number of ether oxygens (including phenoxy) is 3. The zero-order valence-electron chi connectivity index (χ0n) is 22.7. The maximum Gasteiger partial charge on any atom is 0.249 e. The van der Waals surface area contributed by atoms with Gasteiger partial charge >= 0.3 is 0 Å². The second-order valence-electron chi connectivity index (χ2n) is 9.46. The SMILES string of the molecule is CCOc1ccc([C@@H](C(=O)NC[C@@H]2CCCO2)N(C(=O)Cn2nnc3ccccc32)c2ccccc2OC)cc1. The Labute approximate surface area is 232 Å². The summed E-state index contributed by atoms with van der Waals surface area (Å²) in [6.45, 7) is 3.33. The van der Waals surface area contributed by atoms with E-state index in [0.29, 0.717) is 48.0 Å². The highest BCUT2D eigenvalue weighted by Gasteiger charge is 2.35. The van der Waals surface area contributed by atoms with Crippen molar-refractivity contribution in [2.24, 2.45) is 0 Å². The Balaban J connectivity index is 1.56. The van der Waals surface area contributed by atoms with Crippen LogP contribution < -0.4 is 19.7 Å². The molecule has 10 heteroatoms. The van der Waals surface area contributed by atoms with Crippen LogP contribution in [0.15, 0.2) is 72.8 Å². The van der Waals surface area contributed by atoms with Crippen molar-refractivity contribution in [3.8, 4) is 11.5 Å². The summed E-state index contributed by atoms with van der Waals surface area (Å²) in [5, 5.41) is 11.4. The molecule has 10 nitrogen and oxygen atoms in total. The number of nitrogens with one attached hydrogen (secondary N) is 1. The van der Waals surface area contributed by atoms with Gasteiger partial charge in [0.15, 0.2) is 0 Å². The normalized spacial score (nSPS) is 15.5. The van der Waals surface area contributed by atoms with E-state index in [1.54, 1.807) is 28.9 Å². The Hall–Kier alpha value is -4.44. The summed E-state index contributed by atoms with van der Waals surface area (Å²) in [6, 6.07) is 20.8. The van der Waals surface area contributed by atoms with Gasteiger partial charge in [0.2, 0.25) is 11.8 Å². The van der Waals surface area contributed by atoms with Gasteiger partial charge in [-0.15, -0.1) is 5.10 Å². The van der Waals surface area contributed by atoms with Crippen molar-refractivity contribution < 1.29 is 23.8 Å². The van der Waals surface area contributed by atoms with E-state index in [0.717, 1.165) is 18.4 Å². The topological polar surface area (TPSA) is 108 Å². The van der Waals surface area contributed by atoms with Gasteiger partial charge in [0.25, 0.3) is 0 Å². The third-order valence-corrected chi connectivity index (χ3v) is 6.86. The van der Waals surface area contributed by atoms with Crippen LogP contribution in [0.25, 0.3) is 11.0 Å². The Morgan fingerprint density at radius 3 is 2.62 bits per heavy atom. The molecule has 0 radical (unpaired) electrons. The summed E-state index contributed by atoms with van der Waals surface area (Å²) in [6.07, 6.45) is 1.78. The van der Waals surface area contributed by atoms with E-state index in [-0.39, 0.29) is 24.5 Å². The quantitative estimate of drug-likeness (QED) is 0.306. The smallest absolute Gasteiger partial charge is 0.249 e. The molecule has 2 amide bonds. The number of methoxy groups -OCH3 is 1. The van der Waals surface area contributed by atoms with Crippen molar-refractivity contribution >= 4 is 28.5 Å². The van der Waals surface area contributed by atoms with Crippen molar-refractivity contribution in [3.63, 3.8) is 0 Å². The molecule has 0 aliphatic carbocycles. The Kier molecular flexibility index (Phi) is 8.56. The minimum atomic E-state index is -1.00. The van der Waals surface area contributed by atoms with E-state index in [4.69, 9.17) is 14.2 Å². The van der Waals surface area contributed by atoms with E-state index in [2.05, 4.69) is 15.6 Å². The highest BCUT2D eigenvalue weighted by molar-refractivity contribution is 6.02. The molecule has 1 N–H and O–H groups in total. The molecule has 5 rings (SSSR count). The Morgan fingerprint density at radius 1 is 1.10 bits per heavy atom. The Bertz CT molecular complexity index is 1450. The number of para-hydroxylation sites is 3. The first-order valence-electron chi connectivity index (χ1n) is 13.4. The van der Waals surface area contributed by atoms with Crippen molar-refractivity contribution in [2.75, 3.05) is 31.8 Å². The predicted molar refractivity (Wildman–Crippen MR) is 150 cm³/mol. The fourth-order valence-corrected chi connectivity index (χ4v) is 4.93. The van der Waals surface area contributed by atoms with Crippen LogP contribution >= 0.6 is 0 Å². The molecule has 1 aromatic heterocycles. The molecule has 4 aromatic rings. The number of fused-ring (bicyclic) bond motifs is 1. The van der Waals surface area contributed by atoms with Crippen LogP contribution in [0.1, 0.15) is 31.4 Å². The van der Waals surface area contributed by atoms with Gasteiger partial charge in [0, 0.05) is 13.2 Å². The first kappa shape index (κ1) is 27.1. The molecule has 208 valence electrons. The van der Waals surface area contributed by atoms with Crippen molar-refractivity contribution in [3.05, 3.63) is 78.4 Å². The van der Waals surface area contributed by atoms with Gasteiger partial charge in [0.1, 0.15) is 29.6 Å². The van der Waals surface area contributed by atoms with Crippen molar-refractivity contribution in [2.45, 2.75) is 38.5 Å². The second kappa shape index (κ2) is 12.6. The molecule has 3 aromatic carbocycles. The summed E-state index contributed by atoms with van der Waals surface area (Å²) in [5.74, 6) is 0.449. The van der Waals surface area contributed by atoms with Gasteiger partial charge in [-0.25, -0.2) is 4.68 Å². The van der Waals surface area contributed by atoms with Gasteiger partial charge in [-0.05, 0) is 61.7 Å². The van der Waals surface area contributed by atoms with Gasteiger partial charge in [-0.1, -0.05) is 41.6 Å². The number of amides is 2. The van der Waals surface area contributed by atoms with E-state index >= 15 is 0 Å². The van der Waals surface area contributed by atoms with Crippen LogP contribution in [-0.2, 0) is 20.9 Å². The largest absolute Gasteiger partial charge is 0.495 e. The van der Waals surface area contributed by atoms with Gasteiger partial charge < -0.3 is 19.5 Å². The van der Waals surface area contributed by atoms with Gasteiger partial charge in [-0.3, -0.25) is 14.5 Å². The maximum atomic E-state index is 14.2. The van der Waals surface area contributed by atoms with E-state index in [1.807, 2.05) is 55.5 Å². The van der Waals surface area contributed by atoms with Crippen LogP contribution in [0.4, 0.5) is 5.69 Å². The van der Waals surface area contributed by atoms with E-state index in [1.165, 1.54) is 12.0 Å². The molecule has 1 aliphatic heterocycles. The van der Waals surface area contributed by atoms with E-state index in [9.17, 15) is 9.59 Å². The minimum absolute atomic E-state index is 0.0538.